The molecule has 0 aliphatic carbocycles. The lowest BCUT2D eigenvalue weighted by molar-refractivity contribution is -0.122. The number of H-pyrrole nitrogens is 1. The zero-order chi connectivity index (χ0) is 20.3. The summed E-state index contributed by atoms with van der Waals surface area (Å²) in [5.74, 6) is 0.493. The van der Waals surface area contributed by atoms with E-state index in [4.69, 9.17) is 4.74 Å². The van der Waals surface area contributed by atoms with Crippen molar-refractivity contribution in [3.05, 3.63) is 40.4 Å². The minimum absolute atomic E-state index is 0.0433. The molecule has 0 radical (unpaired) electrons. The van der Waals surface area contributed by atoms with Crippen molar-refractivity contribution in [3.63, 3.8) is 0 Å². The van der Waals surface area contributed by atoms with Crippen molar-refractivity contribution in [3.8, 4) is 0 Å². The summed E-state index contributed by atoms with van der Waals surface area (Å²) in [5, 5.41) is 3.59. The molecule has 2 heterocycles. The second-order valence-electron chi connectivity index (χ2n) is 8.28. The van der Waals surface area contributed by atoms with E-state index in [1.165, 1.54) is 0 Å². The van der Waals surface area contributed by atoms with Gasteiger partial charge in [-0.2, -0.15) is 0 Å². The molecule has 1 aliphatic heterocycles. The van der Waals surface area contributed by atoms with E-state index in [-0.39, 0.29) is 35.6 Å². The molecule has 2 aromatic rings. The van der Waals surface area contributed by atoms with Gasteiger partial charge in [0.05, 0.1) is 23.1 Å². The van der Waals surface area contributed by atoms with Crippen LogP contribution in [0.5, 0.6) is 0 Å². The molecule has 1 aliphatic rings. The smallest absolute Gasteiger partial charge is 0.258 e. The number of aryl methyl sites for hydroxylation is 1. The van der Waals surface area contributed by atoms with Crippen LogP contribution in [0.4, 0.5) is 0 Å². The zero-order valence-corrected chi connectivity index (χ0v) is 17.1. The van der Waals surface area contributed by atoms with Gasteiger partial charge in [0.25, 0.3) is 5.56 Å². The van der Waals surface area contributed by atoms with Crippen molar-refractivity contribution >= 4 is 16.8 Å². The van der Waals surface area contributed by atoms with Crippen LogP contribution in [0.25, 0.3) is 10.9 Å². The molecule has 7 heteroatoms. The van der Waals surface area contributed by atoms with Gasteiger partial charge in [-0.25, -0.2) is 4.98 Å². The molecule has 0 bridgehead atoms. The summed E-state index contributed by atoms with van der Waals surface area (Å²) in [5.41, 5.74) is 0.327. The summed E-state index contributed by atoms with van der Waals surface area (Å²) in [6, 6.07) is 7.21. The monoisotopic (exact) mass is 386 g/mol. The number of hydrogen-bond acceptors (Lipinski definition) is 5. The number of carbonyl (C=O) groups is 1. The summed E-state index contributed by atoms with van der Waals surface area (Å²) >= 11 is 0. The number of fused-ring (bicyclic) bond motifs is 1. The lowest BCUT2D eigenvalue weighted by Crippen LogP contribution is -2.58. The number of aromatic nitrogens is 2. The minimum atomic E-state index is -0.169. The number of hydrogen-bond donors (Lipinski definition) is 2. The van der Waals surface area contributed by atoms with E-state index in [2.05, 4.69) is 47.9 Å². The molecular weight excluding hydrogens is 356 g/mol. The fourth-order valence-corrected chi connectivity index (χ4v) is 3.67. The van der Waals surface area contributed by atoms with E-state index in [0.717, 1.165) is 13.1 Å². The normalized spacial score (nSPS) is 21.0. The molecule has 3 rings (SSSR count). The largest absolute Gasteiger partial charge is 0.373 e. The maximum absolute atomic E-state index is 12.3. The number of nitrogens with one attached hydrogen (secondary N) is 2. The van der Waals surface area contributed by atoms with Crippen LogP contribution >= 0.6 is 0 Å². The van der Waals surface area contributed by atoms with E-state index in [1.807, 2.05) is 12.1 Å². The number of para-hydroxylation sites is 1. The van der Waals surface area contributed by atoms with Crippen molar-refractivity contribution in [2.45, 2.75) is 58.3 Å². The zero-order valence-electron chi connectivity index (χ0n) is 17.1. The van der Waals surface area contributed by atoms with Gasteiger partial charge in [0.15, 0.2) is 0 Å². The highest BCUT2D eigenvalue weighted by Crippen LogP contribution is 2.20. The molecule has 0 unspecified atom stereocenters. The van der Waals surface area contributed by atoms with Crippen LogP contribution in [0.3, 0.4) is 0 Å². The van der Waals surface area contributed by atoms with Crippen molar-refractivity contribution in [1.82, 2.24) is 20.2 Å². The Morgan fingerprint density at radius 2 is 1.96 bits per heavy atom. The number of amides is 1. The van der Waals surface area contributed by atoms with Crippen LogP contribution in [0, 0.1) is 0 Å². The molecule has 0 spiro atoms. The molecule has 1 aromatic carbocycles. The molecule has 28 heavy (non-hydrogen) atoms. The number of morpholine rings is 1. The second kappa shape index (κ2) is 8.41. The first-order chi connectivity index (χ1) is 13.2. The number of rotatable bonds is 6. The Morgan fingerprint density at radius 3 is 2.68 bits per heavy atom. The summed E-state index contributed by atoms with van der Waals surface area (Å²) < 4.78 is 5.80. The van der Waals surface area contributed by atoms with Crippen LogP contribution in [0.15, 0.2) is 29.1 Å². The molecule has 1 fully saturated rings. The quantitative estimate of drug-likeness (QED) is 0.791. The Kier molecular flexibility index (Phi) is 6.15. The highest BCUT2D eigenvalue weighted by atomic mass is 16.5. The van der Waals surface area contributed by atoms with Gasteiger partial charge in [0.2, 0.25) is 5.91 Å². The first-order valence-corrected chi connectivity index (χ1v) is 9.90. The van der Waals surface area contributed by atoms with E-state index < -0.39 is 0 Å². The van der Waals surface area contributed by atoms with E-state index in [1.54, 1.807) is 12.1 Å². The predicted molar refractivity (Wildman–Crippen MR) is 109 cm³/mol. The lowest BCUT2D eigenvalue weighted by atomic mass is 10.00. The highest BCUT2D eigenvalue weighted by Gasteiger charge is 2.33. The summed E-state index contributed by atoms with van der Waals surface area (Å²) in [6.45, 7) is 10.7. The fourth-order valence-electron chi connectivity index (χ4n) is 3.67. The first kappa shape index (κ1) is 20.5. The molecule has 0 saturated carbocycles. The maximum Gasteiger partial charge on any atom is 0.258 e. The van der Waals surface area contributed by atoms with Crippen LogP contribution in [-0.4, -0.2) is 58.2 Å². The number of aromatic amines is 1. The van der Waals surface area contributed by atoms with E-state index in [0.29, 0.717) is 29.7 Å². The van der Waals surface area contributed by atoms with Crippen molar-refractivity contribution < 1.29 is 9.53 Å². The topological polar surface area (TPSA) is 87.3 Å². The molecule has 1 aromatic heterocycles. The third-order valence-electron chi connectivity index (χ3n) is 5.24. The standard InChI is InChI=1S/C21H30N4O3/c1-14-11-25(12-15(2)28-14)21(3,4)13-22-19(26)10-9-18-23-17-8-6-5-7-16(17)20(27)24-18/h5-8,14-15H,9-13H2,1-4H3,(H,22,26)(H,23,24,27)/t14-,15+. The van der Waals surface area contributed by atoms with E-state index >= 15 is 0 Å². The van der Waals surface area contributed by atoms with Gasteiger partial charge in [-0.05, 0) is 39.8 Å². The summed E-state index contributed by atoms with van der Waals surface area (Å²) in [7, 11) is 0. The van der Waals surface area contributed by atoms with Crippen molar-refractivity contribution in [1.29, 1.82) is 0 Å². The summed E-state index contributed by atoms with van der Waals surface area (Å²) in [6.07, 6.45) is 1.06. The highest BCUT2D eigenvalue weighted by molar-refractivity contribution is 5.78. The average molecular weight is 386 g/mol. The maximum atomic E-state index is 12.3. The molecular formula is C21H30N4O3. The van der Waals surface area contributed by atoms with Crippen LogP contribution < -0.4 is 10.9 Å². The first-order valence-electron chi connectivity index (χ1n) is 9.90. The molecule has 1 saturated heterocycles. The predicted octanol–water partition coefficient (Wildman–Crippen LogP) is 1.86. The lowest BCUT2D eigenvalue weighted by Gasteiger charge is -2.45. The Labute approximate surface area is 165 Å². The van der Waals surface area contributed by atoms with Gasteiger partial charge in [-0.15, -0.1) is 0 Å². The van der Waals surface area contributed by atoms with Crippen LogP contribution in [0.1, 0.15) is 39.9 Å². The van der Waals surface area contributed by atoms with Gasteiger partial charge < -0.3 is 15.0 Å². The van der Waals surface area contributed by atoms with Crippen LogP contribution in [0.2, 0.25) is 0 Å². The Morgan fingerprint density at radius 1 is 1.29 bits per heavy atom. The van der Waals surface area contributed by atoms with Crippen LogP contribution in [-0.2, 0) is 16.0 Å². The van der Waals surface area contributed by atoms with Gasteiger partial charge in [0.1, 0.15) is 5.82 Å². The third-order valence-corrected chi connectivity index (χ3v) is 5.24. The van der Waals surface area contributed by atoms with Crippen molar-refractivity contribution in [2.75, 3.05) is 19.6 Å². The Balaban J connectivity index is 1.54. The number of benzene rings is 1. The molecule has 2 N–H and O–H groups in total. The SMILES string of the molecule is C[C@@H]1CN(C(C)(C)CNC(=O)CCc2nc3ccccc3c(=O)[nH]2)C[C@H](C)O1. The van der Waals surface area contributed by atoms with Gasteiger partial charge in [-0.1, -0.05) is 12.1 Å². The second-order valence-corrected chi connectivity index (χ2v) is 8.28. The average Bonchev–Trinajstić information content (AvgIpc) is 2.64. The number of nitrogens with zero attached hydrogens (tertiary/aromatic N) is 2. The van der Waals surface area contributed by atoms with Crippen molar-refractivity contribution in [2.24, 2.45) is 0 Å². The Bertz CT molecular complexity index is 883. The third kappa shape index (κ3) is 4.97. The minimum Gasteiger partial charge on any atom is -0.373 e. The molecule has 7 nitrogen and oxygen atoms in total. The van der Waals surface area contributed by atoms with E-state index in [9.17, 15) is 9.59 Å². The van der Waals surface area contributed by atoms with Gasteiger partial charge in [0, 0.05) is 38.0 Å². The fraction of sp³-hybridized carbons (Fsp3) is 0.571. The van der Waals surface area contributed by atoms with Gasteiger partial charge >= 0.3 is 0 Å². The Hall–Kier alpha value is -2.25. The molecule has 152 valence electrons. The summed E-state index contributed by atoms with van der Waals surface area (Å²) in [4.78, 5) is 34.1. The number of ether oxygens (including phenoxy) is 1. The van der Waals surface area contributed by atoms with Gasteiger partial charge in [-0.3, -0.25) is 14.5 Å². The molecule has 1 amide bonds. The number of carbonyl (C=O) groups excluding carboxylic acids is 1. The molecule has 2 atom stereocenters.